The number of aryl methyl sites for hydroxylation is 2. The molecule has 20 heavy (non-hydrogen) atoms. The molecule has 108 valence electrons. The minimum Gasteiger partial charge on any atom is -0.341 e. The van der Waals surface area contributed by atoms with Crippen molar-refractivity contribution in [2.45, 2.75) is 40.5 Å². The van der Waals surface area contributed by atoms with Crippen molar-refractivity contribution in [3.05, 3.63) is 34.9 Å². The molecule has 0 bridgehead atoms. The summed E-state index contributed by atoms with van der Waals surface area (Å²) in [5.74, 6) is 0.523. The van der Waals surface area contributed by atoms with Crippen molar-refractivity contribution in [2.24, 2.45) is 5.92 Å². The fraction of sp³-hybridized carbons (Fsp3) is 0.529. The minimum atomic E-state index is 0.109. The summed E-state index contributed by atoms with van der Waals surface area (Å²) in [4.78, 5) is 14.2. The van der Waals surface area contributed by atoms with Crippen LogP contribution in [0.25, 0.3) is 0 Å². The van der Waals surface area contributed by atoms with Gasteiger partial charge in [-0.1, -0.05) is 32.0 Å². The van der Waals surface area contributed by atoms with Gasteiger partial charge in [0.15, 0.2) is 0 Å². The quantitative estimate of drug-likeness (QED) is 0.798. The molecule has 1 amide bonds. The first-order valence-electron chi connectivity index (χ1n) is 7.15. The molecule has 0 fully saturated rings. The molecule has 0 saturated carbocycles. The zero-order valence-corrected chi connectivity index (χ0v) is 12.9. The third-order valence-corrected chi connectivity index (χ3v) is 3.36. The molecule has 0 N–H and O–H groups in total. The average Bonchev–Trinajstić information content (AvgIpc) is 2.38. The van der Waals surface area contributed by atoms with Gasteiger partial charge in [0.25, 0.3) is 0 Å². The van der Waals surface area contributed by atoms with Gasteiger partial charge in [0.1, 0.15) is 0 Å². The van der Waals surface area contributed by atoms with Crippen molar-refractivity contribution in [1.82, 2.24) is 4.90 Å². The Labute approximate surface area is 122 Å². The van der Waals surface area contributed by atoms with Crippen molar-refractivity contribution >= 4 is 5.91 Å². The van der Waals surface area contributed by atoms with Crippen LogP contribution in [0.3, 0.4) is 0 Å². The Balaban J connectivity index is 2.73. The van der Waals surface area contributed by atoms with E-state index in [1.807, 2.05) is 11.0 Å². The third-order valence-electron chi connectivity index (χ3n) is 3.36. The Hall–Kier alpha value is -1.82. The SMILES string of the molecule is Cc1ccc(CC(=O)N(CCC#N)CC(C)C)cc1C. The lowest BCUT2D eigenvalue weighted by Crippen LogP contribution is -2.36. The Morgan fingerprint density at radius 3 is 2.55 bits per heavy atom. The van der Waals surface area contributed by atoms with Gasteiger partial charge in [-0.3, -0.25) is 4.79 Å². The van der Waals surface area contributed by atoms with E-state index in [9.17, 15) is 4.79 Å². The average molecular weight is 272 g/mol. The van der Waals surface area contributed by atoms with Gasteiger partial charge in [0, 0.05) is 13.1 Å². The van der Waals surface area contributed by atoms with Gasteiger partial charge in [-0.25, -0.2) is 0 Å². The van der Waals surface area contributed by atoms with E-state index in [4.69, 9.17) is 5.26 Å². The van der Waals surface area contributed by atoms with Gasteiger partial charge in [-0.05, 0) is 36.5 Å². The van der Waals surface area contributed by atoms with Gasteiger partial charge >= 0.3 is 0 Å². The second kappa shape index (κ2) is 7.69. The summed E-state index contributed by atoms with van der Waals surface area (Å²) < 4.78 is 0. The number of carbonyl (C=O) groups excluding carboxylic acids is 1. The van der Waals surface area contributed by atoms with Crippen LogP contribution >= 0.6 is 0 Å². The van der Waals surface area contributed by atoms with Crippen LogP contribution in [0.5, 0.6) is 0 Å². The van der Waals surface area contributed by atoms with Gasteiger partial charge in [-0.2, -0.15) is 5.26 Å². The highest BCUT2D eigenvalue weighted by Gasteiger charge is 2.15. The number of rotatable bonds is 6. The van der Waals surface area contributed by atoms with Gasteiger partial charge < -0.3 is 4.90 Å². The number of amides is 1. The first-order valence-corrected chi connectivity index (χ1v) is 7.15. The number of carbonyl (C=O) groups is 1. The monoisotopic (exact) mass is 272 g/mol. The Bertz CT molecular complexity index is 500. The molecule has 0 atom stereocenters. The normalized spacial score (nSPS) is 10.4. The van der Waals surface area contributed by atoms with Crippen LogP contribution in [-0.4, -0.2) is 23.9 Å². The van der Waals surface area contributed by atoms with Gasteiger partial charge in [-0.15, -0.1) is 0 Å². The molecular formula is C17H24N2O. The molecule has 1 rings (SSSR count). The first kappa shape index (κ1) is 16.2. The zero-order valence-electron chi connectivity index (χ0n) is 12.9. The standard InChI is InChI=1S/C17H24N2O/c1-13(2)12-19(9-5-8-18)17(20)11-16-7-6-14(3)15(4)10-16/h6-7,10,13H,5,9,11-12H2,1-4H3. The molecule has 0 aliphatic rings. The number of hydrogen-bond donors (Lipinski definition) is 0. The van der Waals surface area contributed by atoms with Crippen LogP contribution < -0.4 is 0 Å². The lowest BCUT2D eigenvalue weighted by atomic mass is 10.0. The molecule has 3 nitrogen and oxygen atoms in total. The second-order valence-corrected chi connectivity index (χ2v) is 5.74. The molecule has 1 aromatic rings. The molecule has 0 unspecified atom stereocenters. The summed E-state index contributed by atoms with van der Waals surface area (Å²) in [6, 6.07) is 8.25. The maximum Gasteiger partial charge on any atom is 0.227 e. The highest BCUT2D eigenvalue weighted by molar-refractivity contribution is 5.78. The molecule has 1 aromatic carbocycles. The molecule has 0 aliphatic carbocycles. The third kappa shape index (κ3) is 5.05. The fourth-order valence-corrected chi connectivity index (χ4v) is 2.14. The van der Waals surface area contributed by atoms with Crippen molar-refractivity contribution in [3.63, 3.8) is 0 Å². The highest BCUT2D eigenvalue weighted by Crippen LogP contribution is 2.12. The Kier molecular flexibility index (Phi) is 6.24. The maximum atomic E-state index is 12.4. The van der Waals surface area contributed by atoms with Crippen LogP contribution in [-0.2, 0) is 11.2 Å². The molecule has 0 radical (unpaired) electrons. The highest BCUT2D eigenvalue weighted by atomic mass is 16.2. The van der Waals surface area contributed by atoms with Crippen LogP contribution in [0.1, 0.15) is 37.0 Å². The van der Waals surface area contributed by atoms with E-state index in [2.05, 4.69) is 45.9 Å². The van der Waals surface area contributed by atoms with E-state index in [1.165, 1.54) is 11.1 Å². The van der Waals surface area contributed by atoms with Gasteiger partial charge in [0.05, 0.1) is 18.9 Å². The van der Waals surface area contributed by atoms with E-state index >= 15 is 0 Å². The maximum absolute atomic E-state index is 12.4. The van der Waals surface area contributed by atoms with E-state index in [-0.39, 0.29) is 5.91 Å². The van der Waals surface area contributed by atoms with Crippen LogP contribution in [0.2, 0.25) is 0 Å². The molecule has 0 saturated heterocycles. The number of nitrogens with zero attached hydrogens (tertiary/aromatic N) is 2. The summed E-state index contributed by atoms with van der Waals surface area (Å²) >= 11 is 0. The van der Waals surface area contributed by atoms with Crippen LogP contribution in [0, 0.1) is 31.1 Å². The topological polar surface area (TPSA) is 44.1 Å². The van der Waals surface area contributed by atoms with E-state index in [0.29, 0.717) is 31.8 Å². The number of nitriles is 1. The van der Waals surface area contributed by atoms with Crippen molar-refractivity contribution in [1.29, 1.82) is 5.26 Å². The lowest BCUT2D eigenvalue weighted by molar-refractivity contribution is -0.130. The van der Waals surface area contributed by atoms with Gasteiger partial charge in [0.2, 0.25) is 5.91 Å². The Morgan fingerprint density at radius 1 is 1.30 bits per heavy atom. The predicted molar refractivity (Wildman–Crippen MR) is 81.3 cm³/mol. The largest absolute Gasteiger partial charge is 0.341 e. The summed E-state index contributed by atoms with van der Waals surface area (Å²) in [5.41, 5.74) is 3.50. The minimum absolute atomic E-state index is 0.109. The summed E-state index contributed by atoms with van der Waals surface area (Å²) in [5, 5.41) is 8.70. The van der Waals surface area contributed by atoms with Crippen molar-refractivity contribution < 1.29 is 4.79 Å². The number of benzene rings is 1. The molecule has 0 spiro atoms. The summed E-state index contributed by atoms with van der Waals surface area (Å²) in [6.07, 6.45) is 0.810. The molecule has 0 aliphatic heterocycles. The Morgan fingerprint density at radius 2 is 2.00 bits per heavy atom. The smallest absolute Gasteiger partial charge is 0.227 e. The first-order chi connectivity index (χ1) is 9.43. The van der Waals surface area contributed by atoms with E-state index in [0.717, 1.165) is 5.56 Å². The zero-order chi connectivity index (χ0) is 15.1. The van der Waals surface area contributed by atoms with Crippen LogP contribution in [0.15, 0.2) is 18.2 Å². The number of hydrogen-bond acceptors (Lipinski definition) is 2. The van der Waals surface area contributed by atoms with E-state index in [1.54, 1.807) is 0 Å². The molecule has 0 heterocycles. The van der Waals surface area contributed by atoms with Crippen molar-refractivity contribution in [2.75, 3.05) is 13.1 Å². The van der Waals surface area contributed by atoms with Crippen molar-refractivity contribution in [3.8, 4) is 6.07 Å². The van der Waals surface area contributed by atoms with Crippen LogP contribution in [0.4, 0.5) is 0 Å². The molecule has 3 heteroatoms. The summed E-state index contributed by atoms with van der Waals surface area (Å²) in [6.45, 7) is 9.54. The fourth-order valence-electron chi connectivity index (χ4n) is 2.14. The summed E-state index contributed by atoms with van der Waals surface area (Å²) in [7, 11) is 0. The molecular weight excluding hydrogens is 248 g/mol. The lowest BCUT2D eigenvalue weighted by Gasteiger charge is -2.23. The predicted octanol–water partition coefficient (Wildman–Crippen LogP) is 3.24. The second-order valence-electron chi connectivity index (χ2n) is 5.74. The van der Waals surface area contributed by atoms with E-state index < -0.39 is 0 Å². The molecule has 0 aromatic heterocycles.